The molecule has 2 rings (SSSR count). The Bertz CT molecular complexity index is 492. The van der Waals surface area contributed by atoms with Gasteiger partial charge in [-0.1, -0.05) is 6.08 Å². The van der Waals surface area contributed by atoms with Crippen LogP contribution in [-0.2, 0) is 11.3 Å². The summed E-state index contributed by atoms with van der Waals surface area (Å²) in [6.45, 7) is 6.82. The summed E-state index contributed by atoms with van der Waals surface area (Å²) in [4.78, 5) is 7.43. The molecule has 4 nitrogen and oxygen atoms in total. The van der Waals surface area contributed by atoms with E-state index in [4.69, 9.17) is 4.74 Å². The van der Waals surface area contributed by atoms with Crippen molar-refractivity contribution in [3.63, 3.8) is 0 Å². The third-order valence-electron chi connectivity index (χ3n) is 2.74. The van der Waals surface area contributed by atoms with Gasteiger partial charge in [-0.25, -0.2) is 4.98 Å². The highest BCUT2D eigenvalue weighted by Crippen LogP contribution is 2.14. The largest absolute Gasteiger partial charge is 0.380 e. The fourth-order valence-corrected chi connectivity index (χ4v) is 1.80. The van der Waals surface area contributed by atoms with Crippen LogP contribution in [0.3, 0.4) is 0 Å². The average molecular weight is 245 g/mol. The number of rotatable bonds is 8. The number of pyridine rings is 1. The first kappa shape index (κ1) is 12.8. The summed E-state index contributed by atoms with van der Waals surface area (Å²) in [5.74, 6) is 0. The number of aromatic nitrogens is 2. The number of hydrogen-bond donors (Lipinski definition) is 2. The molecule has 0 atom stereocenters. The highest BCUT2D eigenvalue weighted by atomic mass is 16.5. The smallest absolute Gasteiger partial charge is 0.137 e. The van der Waals surface area contributed by atoms with Crippen LogP contribution in [0.25, 0.3) is 11.0 Å². The molecule has 0 aliphatic rings. The second-order valence-corrected chi connectivity index (χ2v) is 4.08. The number of fused-ring (bicyclic) bond motifs is 1. The molecule has 2 aromatic heterocycles. The molecule has 0 saturated heterocycles. The van der Waals surface area contributed by atoms with Gasteiger partial charge < -0.3 is 15.0 Å². The lowest BCUT2D eigenvalue weighted by Crippen LogP contribution is -2.19. The van der Waals surface area contributed by atoms with Crippen molar-refractivity contribution in [1.29, 1.82) is 0 Å². The second kappa shape index (κ2) is 6.93. The zero-order valence-electron chi connectivity index (χ0n) is 10.5. The van der Waals surface area contributed by atoms with Gasteiger partial charge in [0.2, 0.25) is 0 Å². The molecule has 96 valence electrons. The molecule has 0 aromatic carbocycles. The van der Waals surface area contributed by atoms with Gasteiger partial charge in [0.15, 0.2) is 0 Å². The van der Waals surface area contributed by atoms with E-state index in [0.717, 1.165) is 38.4 Å². The van der Waals surface area contributed by atoms with Crippen molar-refractivity contribution in [1.82, 2.24) is 15.3 Å². The molecule has 0 fully saturated rings. The van der Waals surface area contributed by atoms with Gasteiger partial charge in [0.05, 0.1) is 13.2 Å². The molecule has 2 heterocycles. The van der Waals surface area contributed by atoms with Crippen molar-refractivity contribution in [2.75, 3.05) is 19.8 Å². The molecule has 0 unspecified atom stereocenters. The highest BCUT2D eigenvalue weighted by molar-refractivity contribution is 5.79. The molecular formula is C14H19N3O. The summed E-state index contributed by atoms with van der Waals surface area (Å²) in [5, 5.41) is 4.54. The number of hydrogen-bond acceptors (Lipinski definition) is 3. The van der Waals surface area contributed by atoms with E-state index >= 15 is 0 Å². The van der Waals surface area contributed by atoms with Crippen LogP contribution in [0.2, 0.25) is 0 Å². The van der Waals surface area contributed by atoms with E-state index in [1.807, 2.05) is 18.3 Å². The minimum atomic E-state index is 0.731. The fourth-order valence-electron chi connectivity index (χ4n) is 1.80. The molecule has 0 radical (unpaired) electrons. The van der Waals surface area contributed by atoms with Crippen molar-refractivity contribution in [2.45, 2.75) is 13.0 Å². The summed E-state index contributed by atoms with van der Waals surface area (Å²) in [5.41, 5.74) is 2.18. The third kappa shape index (κ3) is 3.42. The minimum absolute atomic E-state index is 0.731. The Morgan fingerprint density at radius 3 is 3.28 bits per heavy atom. The van der Waals surface area contributed by atoms with E-state index in [9.17, 15) is 0 Å². The van der Waals surface area contributed by atoms with Crippen LogP contribution in [-0.4, -0.2) is 29.7 Å². The monoisotopic (exact) mass is 245 g/mol. The molecule has 4 heteroatoms. The first-order valence-corrected chi connectivity index (χ1v) is 6.22. The van der Waals surface area contributed by atoms with E-state index in [0.29, 0.717) is 0 Å². The van der Waals surface area contributed by atoms with Gasteiger partial charge in [-0.05, 0) is 24.1 Å². The maximum Gasteiger partial charge on any atom is 0.137 e. The Morgan fingerprint density at radius 1 is 1.44 bits per heavy atom. The Kier molecular flexibility index (Phi) is 4.93. The zero-order valence-corrected chi connectivity index (χ0v) is 10.5. The molecule has 0 bridgehead atoms. The number of nitrogens with one attached hydrogen (secondary N) is 2. The molecule has 2 aromatic rings. The molecule has 2 N–H and O–H groups in total. The summed E-state index contributed by atoms with van der Waals surface area (Å²) >= 11 is 0. The predicted molar refractivity (Wildman–Crippen MR) is 73.4 cm³/mol. The topological polar surface area (TPSA) is 49.9 Å². The van der Waals surface area contributed by atoms with Gasteiger partial charge in [0.1, 0.15) is 5.65 Å². The standard InChI is InChI=1S/C14H19N3O/c1-2-3-8-18-9-7-15-10-12-11-17-14-13(12)5-4-6-16-14/h2,4-6,11,15H,1,3,7-10H2,(H,16,17). The van der Waals surface area contributed by atoms with Crippen molar-refractivity contribution < 1.29 is 4.74 Å². The van der Waals surface area contributed by atoms with Gasteiger partial charge in [-0.15, -0.1) is 6.58 Å². The van der Waals surface area contributed by atoms with E-state index in [1.54, 1.807) is 6.20 Å². The average Bonchev–Trinajstić information content (AvgIpc) is 2.81. The number of aromatic amines is 1. The van der Waals surface area contributed by atoms with Gasteiger partial charge in [0, 0.05) is 30.9 Å². The Hall–Kier alpha value is -1.65. The molecule has 18 heavy (non-hydrogen) atoms. The number of H-pyrrole nitrogens is 1. The van der Waals surface area contributed by atoms with Crippen LogP contribution in [0.1, 0.15) is 12.0 Å². The normalized spacial score (nSPS) is 10.9. The van der Waals surface area contributed by atoms with Crippen molar-refractivity contribution in [2.24, 2.45) is 0 Å². The van der Waals surface area contributed by atoms with E-state index in [1.165, 1.54) is 10.9 Å². The van der Waals surface area contributed by atoms with Crippen LogP contribution >= 0.6 is 0 Å². The van der Waals surface area contributed by atoms with Crippen molar-refractivity contribution in [3.8, 4) is 0 Å². The van der Waals surface area contributed by atoms with Gasteiger partial charge in [-0.2, -0.15) is 0 Å². The predicted octanol–water partition coefficient (Wildman–Crippen LogP) is 2.25. The van der Waals surface area contributed by atoms with Gasteiger partial charge in [-0.3, -0.25) is 0 Å². The maximum atomic E-state index is 5.43. The van der Waals surface area contributed by atoms with Crippen molar-refractivity contribution in [3.05, 3.63) is 42.7 Å². The Labute approximate surface area is 107 Å². The minimum Gasteiger partial charge on any atom is -0.380 e. The Morgan fingerprint density at radius 2 is 2.39 bits per heavy atom. The quantitative estimate of drug-likeness (QED) is 0.554. The highest BCUT2D eigenvalue weighted by Gasteiger charge is 2.02. The summed E-state index contributed by atoms with van der Waals surface area (Å²) < 4.78 is 5.43. The first-order chi connectivity index (χ1) is 8.92. The number of ether oxygens (including phenoxy) is 1. The second-order valence-electron chi connectivity index (χ2n) is 4.08. The molecule has 0 amide bonds. The van der Waals surface area contributed by atoms with Crippen LogP contribution in [0.4, 0.5) is 0 Å². The fraction of sp³-hybridized carbons (Fsp3) is 0.357. The SMILES string of the molecule is C=CCCOCCNCc1c[nH]c2ncccc12. The lowest BCUT2D eigenvalue weighted by Gasteiger charge is -2.04. The van der Waals surface area contributed by atoms with Crippen LogP contribution in [0.15, 0.2) is 37.2 Å². The lowest BCUT2D eigenvalue weighted by molar-refractivity contribution is 0.140. The van der Waals surface area contributed by atoms with Gasteiger partial charge in [0.25, 0.3) is 0 Å². The van der Waals surface area contributed by atoms with Crippen LogP contribution in [0, 0.1) is 0 Å². The number of nitrogens with zero attached hydrogens (tertiary/aromatic N) is 1. The molecule has 0 saturated carbocycles. The third-order valence-corrected chi connectivity index (χ3v) is 2.74. The molecular weight excluding hydrogens is 226 g/mol. The first-order valence-electron chi connectivity index (χ1n) is 6.22. The van der Waals surface area contributed by atoms with Crippen molar-refractivity contribution >= 4 is 11.0 Å². The lowest BCUT2D eigenvalue weighted by atomic mass is 10.2. The van der Waals surface area contributed by atoms with E-state index < -0.39 is 0 Å². The molecule has 0 aliphatic carbocycles. The van der Waals surface area contributed by atoms with Gasteiger partial charge >= 0.3 is 0 Å². The molecule has 0 aliphatic heterocycles. The van der Waals surface area contributed by atoms with Crippen LogP contribution < -0.4 is 5.32 Å². The Balaban J connectivity index is 1.72. The summed E-state index contributed by atoms with van der Waals surface area (Å²) in [6, 6.07) is 4.04. The van der Waals surface area contributed by atoms with E-state index in [2.05, 4.69) is 27.9 Å². The maximum absolute atomic E-state index is 5.43. The molecule has 0 spiro atoms. The zero-order chi connectivity index (χ0) is 12.6. The summed E-state index contributed by atoms with van der Waals surface area (Å²) in [7, 11) is 0. The van der Waals surface area contributed by atoms with E-state index in [-0.39, 0.29) is 0 Å². The summed E-state index contributed by atoms with van der Waals surface area (Å²) in [6.07, 6.45) is 6.58. The van der Waals surface area contributed by atoms with Crippen LogP contribution in [0.5, 0.6) is 0 Å².